The van der Waals surface area contributed by atoms with Crippen molar-refractivity contribution in [3.8, 4) is 0 Å². The summed E-state index contributed by atoms with van der Waals surface area (Å²) in [6.45, 7) is 6.30. The molecule has 1 atom stereocenters. The summed E-state index contributed by atoms with van der Waals surface area (Å²) in [4.78, 5) is 33.5. The quantitative estimate of drug-likeness (QED) is 0.459. The number of nitrogens with zero attached hydrogens (tertiary/aromatic N) is 1. The van der Waals surface area contributed by atoms with Gasteiger partial charge in [0.2, 0.25) is 0 Å². The number of fused-ring (bicyclic) bond motifs is 1. The van der Waals surface area contributed by atoms with Crippen molar-refractivity contribution in [1.29, 1.82) is 0 Å². The number of carbonyl (C=O) groups excluding carboxylic acids is 1. The van der Waals surface area contributed by atoms with Crippen LogP contribution >= 0.6 is 22.7 Å². The molecule has 7 heteroatoms. The van der Waals surface area contributed by atoms with Crippen molar-refractivity contribution in [3.63, 3.8) is 0 Å². The summed E-state index contributed by atoms with van der Waals surface area (Å²) in [6.07, 6.45) is 5.00. The molecule has 3 heterocycles. The topological polar surface area (TPSA) is 72.0 Å². The summed E-state index contributed by atoms with van der Waals surface area (Å²) in [5, 5.41) is 4.55. The summed E-state index contributed by atoms with van der Waals surface area (Å²) in [6, 6.07) is 1.91. The average Bonchev–Trinajstić information content (AvgIpc) is 3.26. The Labute approximate surface area is 165 Å². The zero-order valence-electron chi connectivity index (χ0n) is 15.6. The minimum Gasteiger partial charge on any atom is -0.454 e. The van der Waals surface area contributed by atoms with Crippen LogP contribution in [0.25, 0.3) is 16.3 Å². The molecule has 0 bridgehead atoms. The highest BCUT2D eigenvalue weighted by Gasteiger charge is 2.17. The molecule has 0 aliphatic carbocycles. The Hall–Kier alpha value is -2.25. The van der Waals surface area contributed by atoms with E-state index in [-0.39, 0.29) is 12.2 Å². The first-order chi connectivity index (χ1) is 13.0. The highest BCUT2D eigenvalue weighted by molar-refractivity contribution is 7.18. The lowest BCUT2D eigenvalue weighted by Gasteiger charge is -2.08. The van der Waals surface area contributed by atoms with Gasteiger partial charge in [-0.05, 0) is 53.3 Å². The average molecular weight is 403 g/mol. The van der Waals surface area contributed by atoms with Crippen molar-refractivity contribution in [2.45, 2.75) is 40.2 Å². The Balaban J connectivity index is 1.74. The Kier molecular flexibility index (Phi) is 6.23. The first kappa shape index (κ1) is 19.5. The van der Waals surface area contributed by atoms with Gasteiger partial charge < -0.3 is 9.72 Å². The maximum atomic E-state index is 12.6. The highest BCUT2D eigenvalue weighted by Crippen LogP contribution is 2.29. The Morgan fingerprint density at radius 3 is 2.96 bits per heavy atom. The summed E-state index contributed by atoms with van der Waals surface area (Å²) in [7, 11) is 0. The van der Waals surface area contributed by atoms with Gasteiger partial charge in [-0.2, -0.15) is 11.3 Å². The molecule has 3 aromatic heterocycles. The monoisotopic (exact) mass is 402 g/mol. The van der Waals surface area contributed by atoms with E-state index in [4.69, 9.17) is 4.74 Å². The summed E-state index contributed by atoms with van der Waals surface area (Å²) < 4.78 is 5.20. The van der Waals surface area contributed by atoms with Gasteiger partial charge in [0.1, 0.15) is 17.3 Å². The van der Waals surface area contributed by atoms with Crippen LogP contribution < -0.4 is 5.56 Å². The van der Waals surface area contributed by atoms with Crippen LogP contribution in [0.15, 0.2) is 27.7 Å². The molecule has 142 valence electrons. The van der Waals surface area contributed by atoms with Crippen LogP contribution in [0.4, 0.5) is 0 Å². The second-order valence-corrected chi connectivity index (χ2v) is 8.53. The molecule has 0 unspecified atom stereocenters. The van der Waals surface area contributed by atoms with Crippen LogP contribution in [0.3, 0.4) is 0 Å². The zero-order chi connectivity index (χ0) is 19.4. The number of aromatic nitrogens is 2. The molecule has 0 saturated carbocycles. The largest absolute Gasteiger partial charge is 0.454 e. The number of aromatic amines is 1. The summed E-state index contributed by atoms with van der Waals surface area (Å²) in [5.41, 5.74) is 1.87. The number of carbonyl (C=O) groups is 1. The Bertz CT molecular complexity index is 1020. The molecule has 1 N–H and O–H groups in total. The van der Waals surface area contributed by atoms with E-state index >= 15 is 0 Å². The maximum absolute atomic E-state index is 12.6. The number of hydrogen-bond donors (Lipinski definition) is 1. The van der Waals surface area contributed by atoms with Crippen LogP contribution in [0.1, 0.15) is 42.1 Å². The van der Waals surface area contributed by atoms with E-state index in [2.05, 4.69) is 23.8 Å². The van der Waals surface area contributed by atoms with Gasteiger partial charge in [-0.3, -0.25) is 4.79 Å². The number of ether oxygens (including phenoxy) is 1. The van der Waals surface area contributed by atoms with Crippen LogP contribution in [0.2, 0.25) is 0 Å². The number of H-pyrrole nitrogens is 1. The van der Waals surface area contributed by atoms with Gasteiger partial charge in [-0.25, -0.2) is 9.78 Å². The number of thiophene rings is 2. The predicted octanol–water partition coefficient (Wildman–Crippen LogP) is 4.70. The Morgan fingerprint density at radius 2 is 2.26 bits per heavy atom. The van der Waals surface area contributed by atoms with Crippen molar-refractivity contribution in [1.82, 2.24) is 9.97 Å². The highest BCUT2D eigenvalue weighted by atomic mass is 32.1. The third-order valence-electron chi connectivity index (χ3n) is 4.47. The predicted molar refractivity (Wildman–Crippen MR) is 111 cm³/mol. The third kappa shape index (κ3) is 4.73. The molecule has 3 rings (SSSR count). The van der Waals surface area contributed by atoms with Gasteiger partial charge in [0, 0.05) is 11.0 Å². The molecule has 0 aromatic carbocycles. The van der Waals surface area contributed by atoms with Crippen molar-refractivity contribution in [2.24, 2.45) is 5.92 Å². The van der Waals surface area contributed by atoms with E-state index < -0.39 is 5.97 Å². The molecule has 0 fully saturated rings. The molecule has 0 amide bonds. The van der Waals surface area contributed by atoms with Crippen LogP contribution in [0.5, 0.6) is 0 Å². The number of hydrogen-bond acceptors (Lipinski definition) is 6. The van der Waals surface area contributed by atoms with Gasteiger partial charge in [-0.15, -0.1) is 11.3 Å². The van der Waals surface area contributed by atoms with E-state index in [0.717, 1.165) is 28.8 Å². The van der Waals surface area contributed by atoms with Crippen molar-refractivity contribution in [2.75, 3.05) is 0 Å². The second-order valence-electron chi connectivity index (χ2n) is 6.54. The lowest BCUT2D eigenvalue weighted by molar-refractivity contribution is -0.139. The van der Waals surface area contributed by atoms with E-state index in [1.807, 2.05) is 23.8 Å². The summed E-state index contributed by atoms with van der Waals surface area (Å²) >= 11 is 3.08. The minimum absolute atomic E-state index is 0.0599. The fraction of sp³-hybridized carbons (Fsp3) is 0.350. The van der Waals surface area contributed by atoms with Gasteiger partial charge in [0.05, 0.1) is 5.39 Å². The van der Waals surface area contributed by atoms with E-state index in [9.17, 15) is 9.59 Å². The third-order valence-corrected chi connectivity index (χ3v) is 6.21. The lowest BCUT2D eigenvalue weighted by Crippen LogP contribution is -2.14. The molecular weight excluding hydrogens is 380 g/mol. The SMILES string of the molecule is CC[C@H](C)Cc1c(C)sc2nc(COC(=O)/C=C/c3ccsc3)[nH]c(=O)c12. The number of nitrogens with one attached hydrogen (secondary N) is 1. The molecular formula is C20H22N2O3S2. The molecule has 0 aliphatic heterocycles. The summed E-state index contributed by atoms with van der Waals surface area (Å²) in [5.74, 6) is 0.404. The molecule has 0 aliphatic rings. The first-order valence-corrected chi connectivity index (χ1v) is 10.6. The second kappa shape index (κ2) is 8.63. The van der Waals surface area contributed by atoms with E-state index in [1.54, 1.807) is 17.4 Å². The lowest BCUT2D eigenvalue weighted by atomic mass is 9.98. The van der Waals surface area contributed by atoms with Crippen molar-refractivity contribution >= 4 is 44.9 Å². The van der Waals surface area contributed by atoms with E-state index in [1.165, 1.54) is 17.4 Å². The molecule has 5 nitrogen and oxygen atoms in total. The zero-order valence-corrected chi connectivity index (χ0v) is 17.2. The van der Waals surface area contributed by atoms with Crippen LogP contribution in [-0.4, -0.2) is 15.9 Å². The fourth-order valence-electron chi connectivity index (χ4n) is 2.75. The van der Waals surface area contributed by atoms with Gasteiger partial charge in [0.25, 0.3) is 5.56 Å². The minimum atomic E-state index is -0.469. The smallest absolute Gasteiger partial charge is 0.331 e. The number of rotatable bonds is 7. The normalized spacial score (nSPS) is 12.7. The molecule has 0 spiro atoms. The molecule has 27 heavy (non-hydrogen) atoms. The van der Waals surface area contributed by atoms with Crippen LogP contribution in [0, 0.1) is 12.8 Å². The number of aryl methyl sites for hydroxylation is 1. The van der Waals surface area contributed by atoms with Crippen LogP contribution in [-0.2, 0) is 22.6 Å². The van der Waals surface area contributed by atoms with E-state index in [0.29, 0.717) is 22.0 Å². The molecule has 0 radical (unpaired) electrons. The Morgan fingerprint density at radius 1 is 1.44 bits per heavy atom. The standard InChI is InChI=1S/C20H22N2O3S2/c1-4-12(2)9-15-13(3)27-20-18(15)19(24)21-16(22-20)10-25-17(23)6-5-14-7-8-26-11-14/h5-8,11-12H,4,9-10H2,1-3H3,(H,21,22,24)/b6-5+/t12-/m0/s1. The van der Waals surface area contributed by atoms with Crippen molar-refractivity contribution < 1.29 is 9.53 Å². The maximum Gasteiger partial charge on any atom is 0.331 e. The van der Waals surface area contributed by atoms with Gasteiger partial charge >= 0.3 is 5.97 Å². The number of esters is 1. The molecule has 0 saturated heterocycles. The molecule has 3 aromatic rings. The van der Waals surface area contributed by atoms with Gasteiger partial charge in [-0.1, -0.05) is 20.3 Å². The fourth-order valence-corrected chi connectivity index (χ4v) is 4.45. The van der Waals surface area contributed by atoms with Crippen molar-refractivity contribution in [3.05, 3.63) is 55.1 Å². The van der Waals surface area contributed by atoms with Gasteiger partial charge in [0.15, 0.2) is 0 Å². The first-order valence-electron chi connectivity index (χ1n) is 8.86.